The molecule has 0 spiro atoms. The average Bonchev–Trinajstić information content (AvgIpc) is 4.14. The van der Waals surface area contributed by atoms with Crippen molar-refractivity contribution in [2.75, 3.05) is 0 Å². The van der Waals surface area contributed by atoms with Crippen LogP contribution in [0.2, 0.25) is 0 Å². The molecule has 12 aromatic rings. The Balaban J connectivity index is 1.27. The number of allylic oxidation sites excluding steroid dienone is 7. The van der Waals surface area contributed by atoms with Gasteiger partial charge in [-0.25, -0.2) is 0 Å². The Hall–Kier alpha value is -9.05. The van der Waals surface area contributed by atoms with Gasteiger partial charge in [0.2, 0.25) is 0 Å². The molecule has 2 unspecified atom stereocenters. The van der Waals surface area contributed by atoms with Crippen LogP contribution in [-0.4, -0.2) is 13.7 Å². The second-order valence-electron chi connectivity index (χ2n) is 18.2. The average molecular weight is 904 g/mol. The van der Waals surface area contributed by atoms with E-state index in [4.69, 9.17) is 4.42 Å². The van der Waals surface area contributed by atoms with Crippen LogP contribution in [0, 0.1) is 17.2 Å². The van der Waals surface area contributed by atoms with Crippen molar-refractivity contribution in [2.24, 2.45) is 5.92 Å². The molecule has 12 rings (SSSR count). The van der Waals surface area contributed by atoms with Crippen molar-refractivity contribution in [3.63, 3.8) is 0 Å². The quantitative estimate of drug-likeness (QED) is 0.0799. The molecule has 2 atom stereocenters. The summed E-state index contributed by atoms with van der Waals surface area (Å²) in [6.45, 7) is 14.8. The lowest BCUT2D eigenvalue weighted by Gasteiger charge is -2.32. The van der Waals surface area contributed by atoms with Crippen molar-refractivity contribution >= 4 is 98.8 Å². The van der Waals surface area contributed by atoms with E-state index < -0.39 is 6.04 Å². The fourth-order valence-corrected chi connectivity index (χ4v) is 11.2. The van der Waals surface area contributed by atoms with Crippen molar-refractivity contribution in [1.29, 1.82) is 5.26 Å². The zero-order valence-corrected chi connectivity index (χ0v) is 39.3. The zero-order valence-electron chi connectivity index (χ0n) is 39.3. The second kappa shape index (κ2) is 16.9. The summed E-state index contributed by atoms with van der Waals surface area (Å²) in [5.41, 5.74) is 13.4. The van der Waals surface area contributed by atoms with Gasteiger partial charge in [0, 0.05) is 60.5 Å². The van der Waals surface area contributed by atoms with Crippen LogP contribution in [0.4, 0.5) is 0 Å². The number of fused-ring (bicyclic) bond motifs is 13. The topological polar surface area (TPSA) is 63.8 Å². The molecule has 0 fully saturated rings. The first-order valence-corrected chi connectivity index (χ1v) is 23.9. The Morgan fingerprint density at radius 2 is 1.14 bits per heavy atom. The molecule has 0 saturated carbocycles. The summed E-state index contributed by atoms with van der Waals surface area (Å²) in [5, 5.41) is 24.6. The third-order valence-electron chi connectivity index (χ3n) is 14.1. The highest BCUT2D eigenvalue weighted by atomic mass is 16.3. The van der Waals surface area contributed by atoms with Gasteiger partial charge in [0.15, 0.2) is 0 Å². The van der Waals surface area contributed by atoms with E-state index in [1.165, 1.54) is 0 Å². The number of para-hydroxylation sites is 5. The van der Waals surface area contributed by atoms with E-state index in [2.05, 4.69) is 240 Å². The lowest BCUT2D eigenvalue weighted by atomic mass is 9.92. The van der Waals surface area contributed by atoms with Gasteiger partial charge in [-0.05, 0) is 85.6 Å². The van der Waals surface area contributed by atoms with Crippen molar-refractivity contribution in [2.45, 2.75) is 26.8 Å². The summed E-state index contributed by atoms with van der Waals surface area (Å²) in [7, 11) is 0. The van der Waals surface area contributed by atoms with Crippen LogP contribution in [0.5, 0.6) is 0 Å². The van der Waals surface area contributed by atoms with E-state index in [0.717, 1.165) is 110 Å². The summed E-state index contributed by atoms with van der Waals surface area (Å²) in [6, 6.07) is 66.6. The molecular weight excluding hydrogens is 855 g/mol. The van der Waals surface area contributed by atoms with Gasteiger partial charge >= 0.3 is 0 Å². The molecule has 6 nitrogen and oxygen atoms in total. The molecule has 0 bridgehead atoms. The van der Waals surface area contributed by atoms with E-state index in [9.17, 15) is 5.26 Å². The predicted molar refractivity (Wildman–Crippen MR) is 294 cm³/mol. The van der Waals surface area contributed by atoms with Crippen LogP contribution >= 0.6 is 0 Å². The van der Waals surface area contributed by atoms with E-state index in [0.29, 0.717) is 17.0 Å². The van der Waals surface area contributed by atoms with Gasteiger partial charge in [-0.15, -0.1) is 0 Å². The molecule has 4 heterocycles. The van der Waals surface area contributed by atoms with Gasteiger partial charge in [-0.1, -0.05) is 160 Å². The number of nitrogens with one attached hydrogen (secondary N) is 1. The maximum Gasteiger partial charge on any atom is 0.145 e. The molecule has 0 aliphatic rings. The molecule has 336 valence electrons. The maximum absolute atomic E-state index is 12.4. The molecular formula is C64H49N5O. The Kier molecular flexibility index (Phi) is 10.2. The van der Waals surface area contributed by atoms with Gasteiger partial charge in [-0.3, -0.25) is 0 Å². The van der Waals surface area contributed by atoms with Crippen molar-refractivity contribution in [3.8, 4) is 17.2 Å². The second-order valence-corrected chi connectivity index (χ2v) is 18.2. The molecule has 0 radical (unpaired) electrons. The third-order valence-corrected chi connectivity index (χ3v) is 14.1. The summed E-state index contributed by atoms with van der Waals surface area (Å²) in [6.07, 6.45) is 6.12. The minimum absolute atomic E-state index is 0.155. The number of hydrogen-bond donors (Lipinski definition) is 1. The Morgan fingerprint density at radius 3 is 1.71 bits per heavy atom. The number of aromatic nitrogens is 3. The number of furan rings is 1. The minimum Gasteiger partial charge on any atom is -0.455 e. The molecule has 6 heteroatoms. The summed E-state index contributed by atoms with van der Waals surface area (Å²) < 4.78 is 14.1. The number of nitrogens with zero attached hydrogens (tertiary/aromatic N) is 4. The van der Waals surface area contributed by atoms with E-state index in [1.807, 2.05) is 13.0 Å². The molecule has 0 saturated heterocycles. The fourth-order valence-electron chi connectivity index (χ4n) is 11.2. The first-order chi connectivity index (χ1) is 34.4. The lowest BCUT2D eigenvalue weighted by molar-refractivity contribution is 0.514. The molecule has 0 aliphatic carbocycles. The van der Waals surface area contributed by atoms with Crippen LogP contribution in [0.3, 0.4) is 0 Å². The highest BCUT2D eigenvalue weighted by Gasteiger charge is 2.35. The van der Waals surface area contributed by atoms with Crippen molar-refractivity contribution < 1.29 is 4.42 Å². The molecule has 4 aromatic heterocycles. The Labute approximate surface area is 405 Å². The first kappa shape index (κ1) is 42.3. The van der Waals surface area contributed by atoms with Gasteiger partial charge < -0.3 is 23.4 Å². The number of nitriles is 1. The zero-order chi connectivity index (χ0) is 47.6. The van der Waals surface area contributed by atoms with E-state index >= 15 is 0 Å². The Morgan fingerprint density at radius 1 is 0.600 bits per heavy atom. The third kappa shape index (κ3) is 6.47. The van der Waals surface area contributed by atoms with Crippen LogP contribution < -0.4 is 5.32 Å². The maximum atomic E-state index is 12.4. The largest absolute Gasteiger partial charge is 0.455 e. The number of benzene rings is 8. The molecule has 1 N–H and O–H groups in total. The number of hydrogen-bond acceptors (Lipinski definition) is 3. The number of rotatable bonds is 11. The highest BCUT2D eigenvalue weighted by Crippen LogP contribution is 2.49. The minimum atomic E-state index is -0.475. The lowest BCUT2D eigenvalue weighted by Crippen LogP contribution is -2.24. The predicted octanol–water partition coefficient (Wildman–Crippen LogP) is 16.9. The van der Waals surface area contributed by atoms with E-state index in [-0.39, 0.29) is 5.92 Å². The first-order valence-electron chi connectivity index (χ1n) is 23.9. The van der Waals surface area contributed by atoms with Crippen LogP contribution in [0.25, 0.3) is 110 Å². The van der Waals surface area contributed by atoms with E-state index in [1.54, 1.807) is 6.08 Å². The van der Waals surface area contributed by atoms with Crippen LogP contribution in [0.1, 0.15) is 26.8 Å². The van der Waals surface area contributed by atoms with Crippen molar-refractivity contribution in [3.05, 3.63) is 230 Å². The molecule has 0 amide bonds. The van der Waals surface area contributed by atoms with Gasteiger partial charge in [0.25, 0.3) is 0 Å². The summed E-state index contributed by atoms with van der Waals surface area (Å²) in [5.74, 6) is -0.155. The molecule has 8 aromatic carbocycles. The smallest absolute Gasteiger partial charge is 0.145 e. The molecule has 0 aliphatic heterocycles. The van der Waals surface area contributed by atoms with Gasteiger partial charge in [-0.2, -0.15) is 5.26 Å². The van der Waals surface area contributed by atoms with Crippen molar-refractivity contribution in [1.82, 2.24) is 19.0 Å². The molecule has 70 heavy (non-hydrogen) atoms. The van der Waals surface area contributed by atoms with Crippen LogP contribution in [0.15, 0.2) is 235 Å². The summed E-state index contributed by atoms with van der Waals surface area (Å²) >= 11 is 0. The van der Waals surface area contributed by atoms with Gasteiger partial charge in [0.05, 0.1) is 56.0 Å². The Bertz CT molecular complexity index is 4150. The highest BCUT2D eigenvalue weighted by molar-refractivity contribution is 6.24. The summed E-state index contributed by atoms with van der Waals surface area (Å²) in [4.78, 5) is 0. The normalized spacial score (nSPS) is 13.7. The fraction of sp³-hybridized carbons (Fsp3) is 0.0781. The van der Waals surface area contributed by atoms with Gasteiger partial charge in [0.1, 0.15) is 17.2 Å². The SMILES string of the molecule is C=CC(=C)N/C(C)=C(/C(C#N)=C(C(C(C)/C=C\C)n1c2ccccc2c2c3oc4ccc(-c5ccccc5)cc4c3ccc21)n1c2ccccc2c2ccccc21)n1c2ccccc2c2ccccc21. The standard InChI is InChI=1S/C64H49N5O/c1-6-21-40(3)61(69-57-33-20-15-28-50(57)60-58(69)36-35-49-51-38-44(43-22-9-8-10-23-43)34-37-59(51)70-64(49)60)63(68-55-31-18-13-26-47(55)48-27-14-19-32-56(48)68)52(39-65)62(42(5)66-41(4)7-2)67-53-29-16-11-24-45(53)46-25-12-17-30-54(46)67/h6-38,40,61,66H,2,4H2,1,3,5H3/b21-6-,62-42-,63-52?. The van der Waals surface area contributed by atoms with Crippen LogP contribution in [-0.2, 0) is 0 Å². The monoisotopic (exact) mass is 903 g/mol.